The van der Waals surface area contributed by atoms with Crippen LogP contribution in [0.1, 0.15) is 13.8 Å². The topological polar surface area (TPSA) is 41.1 Å². The highest BCUT2D eigenvalue weighted by molar-refractivity contribution is 5.45. The molecule has 0 unspecified atom stereocenters. The van der Waals surface area contributed by atoms with Crippen LogP contribution in [0.15, 0.2) is 11.8 Å². The molecule has 0 atom stereocenters. The van der Waals surface area contributed by atoms with E-state index in [1.165, 1.54) is 0 Å². The van der Waals surface area contributed by atoms with E-state index in [9.17, 15) is 4.79 Å². The molecule has 0 fully saturated rings. The summed E-state index contributed by atoms with van der Waals surface area (Å²) in [7, 11) is 0. The molecule has 0 aliphatic carbocycles. The van der Waals surface area contributed by atoms with E-state index in [1.54, 1.807) is 0 Å². The van der Waals surface area contributed by atoms with Crippen molar-refractivity contribution in [3.05, 3.63) is 11.8 Å². The summed E-state index contributed by atoms with van der Waals surface area (Å²) in [6.07, 6.45) is 2.69. The van der Waals surface area contributed by atoms with Gasteiger partial charge in [0, 0.05) is 18.8 Å². The molecule has 0 saturated heterocycles. The number of carbonyl (C=O) groups excluding carboxylic acids is 1. The van der Waals surface area contributed by atoms with Gasteiger partial charge in [-0.3, -0.25) is 4.79 Å². The zero-order valence-corrected chi connectivity index (χ0v) is 6.48. The van der Waals surface area contributed by atoms with Crippen LogP contribution in [0.3, 0.4) is 0 Å². The lowest BCUT2D eigenvalue weighted by atomic mass is 10.4. The minimum absolute atomic E-state index is 0.675. The van der Waals surface area contributed by atoms with Gasteiger partial charge in [-0.15, -0.1) is 0 Å². The maximum atomic E-state index is 9.77. The van der Waals surface area contributed by atoms with Crippen LogP contribution < -0.4 is 10.6 Å². The molecule has 0 heterocycles. The molecule has 10 heavy (non-hydrogen) atoms. The summed E-state index contributed by atoms with van der Waals surface area (Å²) in [6, 6.07) is 0. The number of hydrogen-bond donors (Lipinski definition) is 2. The number of hydrogen-bond acceptors (Lipinski definition) is 2. The van der Waals surface area contributed by atoms with E-state index >= 15 is 0 Å². The van der Waals surface area contributed by atoms with Gasteiger partial charge < -0.3 is 10.6 Å². The van der Waals surface area contributed by atoms with Gasteiger partial charge in [-0.1, -0.05) is 6.08 Å². The zero-order valence-electron chi connectivity index (χ0n) is 6.48. The Morgan fingerprint density at radius 3 is 2.70 bits per heavy atom. The molecule has 0 aromatic rings. The zero-order chi connectivity index (χ0) is 7.82. The summed E-state index contributed by atoms with van der Waals surface area (Å²) in [4.78, 5) is 9.77. The molecule has 0 radical (unpaired) electrons. The summed E-state index contributed by atoms with van der Waals surface area (Å²) in [5, 5.41) is 5.66. The van der Waals surface area contributed by atoms with Crippen molar-refractivity contribution in [3.63, 3.8) is 0 Å². The van der Waals surface area contributed by atoms with Crippen LogP contribution >= 0.6 is 0 Å². The van der Waals surface area contributed by atoms with Crippen LogP contribution in [0.5, 0.6) is 0 Å². The number of nitrogens with one attached hydrogen (secondary N) is 2. The van der Waals surface area contributed by atoms with Crippen molar-refractivity contribution in [1.82, 2.24) is 10.6 Å². The Hall–Kier alpha value is -0.990. The molecule has 0 aromatic carbocycles. The maximum Gasteiger partial charge on any atom is 0.207 e. The van der Waals surface area contributed by atoms with Crippen LogP contribution in [0, 0.1) is 0 Å². The molecule has 0 aromatic heterocycles. The minimum Gasteiger partial charge on any atom is -0.387 e. The first-order chi connectivity index (χ1) is 4.81. The normalized spacial score (nSPS) is 10.8. The van der Waals surface area contributed by atoms with E-state index < -0.39 is 0 Å². The minimum atomic E-state index is 0.675. The first-order valence-corrected chi connectivity index (χ1v) is 3.35. The average Bonchev–Trinajstić information content (AvgIpc) is 1.98. The van der Waals surface area contributed by atoms with Crippen molar-refractivity contribution in [2.75, 3.05) is 13.1 Å². The third kappa shape index (κ3) is 5.15. The van der Waals surface area contributed by atoms with E-state index in [2.05, 4.69) is 10.6 Å². The molecule has 0 rings (SSSR count). The lowest BCUT2D eigenvalue weighted by Gasteiger charge is -2.03. The number of carbonyl (C=O) groups is 1. The number of allylic oxidation sites excluding steroid dienone is 2. The molecular weight excluding hydrogens is 128 g/mol. The van der Waals surface area contributed by atoms with Gasteiger partial charge >= 0.3 is 0 Å². The fourth-order valence-corrected chi connectivity index (χ4v) is 0.493. The van der Waals surface area contributed by atoms with Gasteiger partial charge in [0.25, 0.3) is 0 Å². The smallest absolute Gasteiger partial charge is 0.207 e. The van der Waals surface area contributed by atoms with Crippen LogP contribution in [0.2, 0.25) is 0 Å². The highest BCUT2D eigenvalue weighted by atomic mass is 16.1. The Kier molecular flexibility index (Phi) is 5.53. The summed E-state index contributed by atoms with van der Waals surface area (Å²) >= 11 is 0. The van der Waals surface area contributed by atoms with Gasteiger partial charge in [0.1, 0.15) is 0 Å². The van der Waals surface area contributed by atoms with Gasteiger partial charge in [0.2, 0.25) is 6.41 Å². The molecule has 0 spiro atoms. The highest BCUT2D eigenvalue weighted by Crippen LogP contribution is 1.81. The van der Waals surface area contributed by atoms with Crippen molar-refractivity contribution >= 4 is 6.41 Å². The summed E-state index contributed by atoms with van der Waals surface area (Å²) in [6.45, 7) is 5.42. The van der Waals surface area contributed by atoms with Gasteiger partial charge in [-0.2, -0.15) is 0 Å². The third-order valence-corrected chi connectivity index (χ3v) is 1.19. The summed E-state index contributed by atoms with van der Waals surface area (Å²) in [5.74, 6) is 0. The van der Waals surface area contributed by atoms with Crippen LogP contribution in [-0.2, 0) is 4.79 Å². The molecule has 2 N–H and O–H groups in total. The summed E-state index contributed by atoms with van der Waals surface area (Å²) in [5.41, 5.74) is 1.13. The number of rotatable bonds is 5. The second-order valence-electron chi connectivity index (χ2n) is 1.97. The van der Waals surface area contributed by atoms with Crippen molar-refractivity contribution in [2.45, 2.75) is 13.8 Å². The maximum absolute atomic E-state index is 9.77. The Morgan fingerprint density at radius 1 is 1.50 bits per heavy atom. The predicted molar refractivity (Wildman–Crippen MR) is 41.5 cm³/mol. The van der Waals surface area contributed by atoms with Crippen LogP contribution in [0.25, 0.3) is 0 Å². The van der Waals surface area contributed by atoms with Crippen molar-refractivity contribution in [1.29, 1.82) is 0 Å². The molecule has 3 nitrogen and oxygen atoms in total. The van der Waals surface area contributed by atoms with Crippen LogP contribution in [-0.4, -0.2) is 19.5 Å². The SMILES string of the molecule is C/C=C(/C)NCCNC=O. The summed E-state index contributed by atoms with van der Waals surface area (Å²) < 4.78 is 0. The Morgan fingerprint density at radius 2 is 2.20 bits per heavy atom. The second-order valence-corrected chi connectivity index (χ2v) is 1.97. The number of amides is 1. The van der Waals surface area contributed by atoms with Crippen LogP contribution in [0.4, 0.5) is 0 Å². The largest absolute Gasteiger partial charge is 0.387 e. The van der Waals surface area contributed by atoms with Gasteiger partial charge in [0.15, 0.2) is 0 Å². The fourth-order valence-electron chi connectivity index (χ4n) is 0.493. The van der Waals surface area contributed by atoms with E-state index in [1.807, 2.05) is 19.9 Å². The standard InChI is InChI=1S/C7H14N2O/c1-3-7(2)9-5-4-8-6-10/h3,6,9H,4-5H2,1-2H3,(H,8,10)/b7-3-. The molecular formula is C7H14N2O. The van der Waals surface area contributed by atoms with Crippen molar-refractivity contribution < 1.29 is 4.79 Å². The van der Waals surface area contributed by atoms with E-state index in [-0.39, 0.29) is 0 Å². The third-order valence-electron chi connectivity index (χ3n) is 1.19. The molecule has 1 amide bonds. The predicted octanol–water partition coefficient (Wildman–Crippen LogP) is 0.246. The van der Waals surface area contributed by atoms with Gasteiger partial charge in [-0.05, 0) is 13.8 Å². The Bertz CT molecular complexity index is 121. The molecule has 0 saturated carbocycles. The molecule has 0 aliphatic rings. The first kappa shape index (κ1) is 9.01. The van der Waals surface area contributed by atoms with Crippen molar-refractivity contribution in [3.8, 4) is 0 Å². The lowest BCUT2D eigenvalue weighted by molar-refractivity contribution is -0.109. The molecule has 58 valence electrons. The quantitative estimate of drug-likeness (QED) is 0.426. The lowest BCUT2D eigenvalue weighted by Crippen LogP contribution is -2.25. The second kappa shape index (κ2) is 6.13. The van der Waals surface area contributed by atoms with Gasteiger partial charge in [0.05, 0.1) is 0 Å². The van der Waals surface area contributed by atoms with Crippen molar-refractivity contribution in [2.24, 2.45) is 0 Å². The fraction of sp³-hybridized carbons (Fsp3) is 0.571. The molecule has 3 heteroatoms. The van der Waals surface area contributed by atoms with E-state index in [0.717, 1.165) is 12.2 Å². The van der Waals surface area contributed by atoms with E-state index in [0.29, 0.717) is 13.0 Å². The Balaban J connectivity index is 3.11. The van der Waals surface area contributed by atoms with Gasteiger partial charge in [-0.25, -0.2) is 0 Å². The Labute approximate surface area is 61.5 Å². The molecule has 0 bridgehead atoms. The molecule has 0 aliphatic heterocycles. The first-order valence-electron chi connectivity index (χ1n) is 3.35. The monoisotopic (exact) mass is 142 g/mol. The average molecular weight is 142 g/mol. The van der Waals surface area contributed by atoms with E-state index in [4.69, 9.17) is 0 Å². The highest BCUT2D eigenvalue weighted by Gasteiger charge is 1.83.